The fourth-order valence-electron chi connectivity index (χ4n) is 3.15. The topological polar surface area (TPSA) is 33.2 Å². The highest BCUT2D eigenvalue weighted by atomic mass is 32.1. The van der Waals surface area contributed by atoms with E-state index >= 15 is 0 Å². The maximum Gasteiger partial charge on any atom is 0.178 e. The zero-order chi connectivity index (χ0) is 14.1. The number of aromatic amines is 1. The van der Waals surface area contributed by atoms with Crippen molar-refractivity contribution in [2.45, 2.75) is 25.8 Å². The predicted octanol–water partition coefficient (Wildman–Crippen LogP) is 3.36. The normalized spacial score (nSPS) is 17.7. The Balaban J connectivity index is 1.97. The molecular formula is C15H21N3OS. The van der Waals surface area contributed by atoms with Crippen LogP contribution in [0.2, 0.25) is 0 Å². The number of para-hydroxylation sites is 1. The van der Waals surface area contributed by atoms with E-state index in [9.17, 15) is 0 Å². The lowest BCUT2D eigenvalue weighted by Crippen LogP contribution is -2.27. The number of fused-ring (bicyclic) bond motifs is 1. The third-order valence-corrected chi connectivity index (χ3v) is 4.40. The second-order valence-electron chi connectivity index (χ2n) is 5.51. The average molecular weight is 291 g/mol. The zero-order valence-electron chi connectivity index (χ0n) is 12.1. The number of H-pyrrole nitrogens is 1. The summed E-state index contributed by atoms with van der Waals surface area (Å²) in [6, 6.07) is 6.44. The van der Waals surface area contributed by atoms with Crippen LogP contribution < -0.4 is 4.74 Å². The number of methoxy groups -OCH3 is 1. The van der Waals surface area contributed by atoms with Crippen molar-refractivity contribution in [1.82, 2.24) is 14.5 Å². The van der Waals surface area contributed by atoms with E-state index in [2.05, 4.69) is 27.4 Å². The highest BCUT2D eigenvalue weighted by molar-refractivity contribution is 7.71. The largest absolute Gasteiger partial charge is 0.494 e. The van der Waals surface area contributed by atoms with Crippen LogP contribution in [0, 0.1) is 4.77 Å². The molecule has 0 amide bonds. The second-order valence-corrected chi connectivity index (χ2v) is 5.90. The van der Waals surface area contributed by atoms with Gasteiger partial charge in [0.05, 0.1) is 12.6 Å². The molecule has 108 valence electrons. The zero-order valence-corrected chi connectivity index (χ0v) is 12.9. The van der Waals surface area contributed by atoms with E-state index in [1.165, 1.54) is 25.9 Å². The Labute approximate surface area is 124 Å². The van der Waals surface area contributed by atoms with Crippen molar-refractivity contribution < 1.29 is 4.74 Å². The standard InChI is InChI=1S/C15H21N3OS/c1-11(10-17-8-3-4-9-17)18-12-6-5-7-13(19-2)14(12)16-15(18)20/h5-7,11H,3-4,8-10H2,1-2H3,(H,16,20). The number of benzene rings is 1. The first-order chi connectivity index (χ1) is 9.70. The van der Waals surface area contributed by atoms with E-state index in [-0.39, 0.29) is 0 Å². The molecule has 20 heavy (non-hydrogen) atoms. The van der Waals surface area contributed by atoms with Crippen LogP contribution in [0.5, 0.6) is 5.75 Å². The van der Waals surface area contributed by atoms with E-state index in [1.54, 1.807) is 7.11 Å². The van der Waals surface area contributed by atoms with Gasteiger partial charge in [-0.2, -0.15) is 0 Å². The minimum absolute atomic E-state index is 0.362. The van der Waals surface area contributed by atoms with Crippen molar-refractivity contribution in [1.29, 1.82) is 0 Å². The summed E-state index contributed by atoms with van der Waals surface area (Å²) < 4.78 is 8.40. The van der Waals surface area contributed by atoms with E-state index in [1.807, 2.05) is 12.1 Å². The average Bonchev–Trinajstić information content (AvgIpc) is 3.04. The Morgan fingerprint density at radius 2 is 2.10 bits per heavy atom. The van der Waals surface area contributed by atoms with E-state index < -0.39 is 0 Å². The van der Waals surface area contributed by atoms with Gasteiger partial charge in [-0.1, -0.05) is 6.07 Å². The van der Waals surface area contributed by atoms with Gasteiger partial charge in [0.15, 0.2) is 4.77 Å². The fraction of sp³-hybridized carbons (Fsp3) is 0.533. The van der Waals surface area contributed by atoms with Gasteiger partial charge >= 0.3 is 0 Å². The molecule has 4 nitrogen and oxygen atoms in total. The molecule has 1 fully saturated rings. The first kappa shape index (κ1) is 13.6. The highest BCUT2D eigenvalue weighted by Crippen LogP contribution is 2.27. The van der Waals surface area contributed by atoms with Gasteiger partial charge in [0, 0.05) is 12.6 Å². The minimum Gasteiger partial charge on any atom is -0.494 e. The highest BCUT2D eigenvalue weighted by Gasteiger charge is 2.18. The van der Waals surface area contributed by atoms with Gasteiger partial charge in [0.2, 0.25) is 0 Å². The maximum atomic E-state index is 5.51. The van der Waals surface area contributed by atoms with Crippen molar-refractivity contribution in [2.24, 2.45) is 0 Å². The lowest BCUT2D eigenvalue weighted by Gasteiger charge is -2.22. The first-order valence-corrected chi connectivity index (χ1v) is 7.61. The molecule has 1 aliphatic heterocycles. The van der Waals surface area contributed by atoms with Crippen LogP contribution in [-0.4, -0.2) is 41.2 Å². The maximum absolute atomic E-state index is 5.51. The quantitative estimate of drug-likeness (QED) is 0.877. The fourth-order valence-corrected chi connectivity index (χ4v) is 3.53. The number of hydrogen-bond acceptors (Lipinski definition) is 3. The van der Waals surface area contributed by atoms with Crippen molar-refractivity contribution in [2.75, 3.05) is 26.7 Å². The van der Waals surface area contributed by atoms with Gasteiger partial charge in [-0.15, -0.1) is 0 Å². The summed E-state index contributed by atoms with van der Waals surface area (Å²) in [4.78, 5) is 5.81. The molecular weight excluding hydrogens is 270 g/mol. The molecule has 2 heterocycles. The monoisotopic (exact) mass is 291 g/mol. The molecule has 1 aromatic carbocycles. The van der Waals surface area contributed by atoms with Crippen LogP contribution in [0.4, 0.5) is 0 Å². The molecule has 1 aliphatic rings. The third kappa shape index (κ3) is 2.36. The first-order valence-electron chi connectivity index (χ1n) is 7.20. The van der Waals surface area contributed by atoms with Crippen LogP contribution in [0.25, 0.3) is 11.0 Å². The lowest BCUT2D eigenvalue weighted by molar-refractivity contribution is 0.289. The number of aromatic nitrogens is 2. The molecule has 0 bridgehead atoms. The Bertz CT molecular complexity index is 655. The molecule has 2 aromatic rings. The number of likely N-dealkylation sites (tertiary alicyclic amines) is 1. The second kappa shape index (κ2) is 5.58. The molecule has 3 rings (SSSR count). The van der Waals surface area contributed by atoms with Crippen molar-refractivity contribution in [3.05, 3.63) is 23.0 Å². The summed E-state index contributed by atoms with van der Waals surface area (Å²) in [6.07, 6.45) is 2.64. The summed E-state index contributed by atoms with van der Waals surface area (Å²) in [5, 5.41) is 0. The summed E-state index contributed by atoms with van der Waals surface area (Å²) in [7, 11) is 1.69. The van der Waals surface area contributed by atoms with Crippen molar-refractivity contribution in [3.8, 4) is 5.75 Å². The van der Waals surface area contributed by atoms with Crippen LogP contribution in [0.3, 0.4) is 0 Å². The van der Waals surface area contributed by atoms with Gasteiger partial charge in [0.25, 0.3) is 0 Å². The number of ether oxygens (including phenoxy) is 1. The molecule has 1 aromatic heterocycles. The minimum atomic E-state index is 0.362. The molecule has 1 N–H and O–H groups in total. The predicted molar refractivity (Wildman–Crippen MR) is 84.1 cm³/mol. The van der Waals surface area contributed by atoms with E-state index in [4.69, 9.17) is 17.0 Å². The Morgan fingerprint density at radius 3 is 2.80 bits per heavy atom. The number of nitrogens with one attached hydrogen (secondary N) is 1. The number of hydrogen-bond donors (Lipinski definition) is 1. The van der Waals surface area contributed by atoms with Crippen LogP contribution >= 0.6 is 12.2 Å². The Kier molecular flexibility index (Phi) is 3.81. The van der Waals surface area contributed by atoms with Crippen molar-refractivity contribution >= 4 is 23.3 Å². The number of imidazole rings is 1. The van der Waals surface area contributed by atoms with Gasteiger partial charge in [0.1, 0.15) is 11.3 Å². The molecule has 0 radical (unpaired) electrons. The van der Waals surface area contributed by atoms with Crippen LogP contribution in [0.1, 0.15) is 25.8 Å². The van der Waals surface area contributed by atoms with Crippen LogP contribution in [-0.2, 0) is 0 Å². The smallest absolute Gasteiger partial charge is 0.178 e. The molecule has 5 heteroatoms. The third-order valence-electron chi connectivity index (χ3n) is 4.10. The lowest BCUT2D eigenvalue weighted by atomic mass is 10.2. The van der Waals surface area contributed by atoms with Gasteiger partial charge in [-0.3, -0.25) is 0 Å². The van der Waals surface area contributed by atoms with Gasteiger partial charge in [-0.05, 0) is 57.2 Å². The van der Waals surface area contributed by atoms with E-state index in [0.29, 0.717) is 6.04 Å². The summed E-state index contributed by atoms with van der Waals surface area (Å²) in [6.45, 7) is 5.71. The molecule has 0 saturated carbocycles. The summed E-state index contributed by atoms with van der Waals surface area (Å²) in [5.41, 5.74) is 2.12. The number of rotatable bonds is 4. The molecule has 0 spiro atoms. The molecule has 1 atom stereocenters. The van der Waals surface area contributed by atoms with Gasteiger partial charge < -0.3 is 19.2 Å². The Hall–Kier alpha value is -1.33. The Morgan fingerprint density at radius 1 is 1.35 bits per heavy atom. The molecule has 1 saturated heterocycles. The van der Waals surface area contributed by atoms with Gasteiger partial charge in [-0.25, -0.2) is 0 Å². The van der Waals surface area contributed by atoms with E-state index in [0.717, 1.165) is 28.1 Å². The summed E-state index contributed by atoms with van der Waals surface area (Å²) in [5.74, 6) is 0.848. The SMILES string of the molecule is COc1cccc2c1[nH]c(=S)n2C(C)CN1CCCC1. The summed E-state index contributed by atoms with van der Waals surface area (Å²) >= 11 is 5.51. The van der Waals surface area contributed by atoms with Crippen LogP contribution in [0.15, 0.2) is 18.2 Å². The van der Waals surface area contributed by atoms with Crippen molar-refractivity contribution in [3.63, 3.8) is 0 Å². The molecule has 0 aliphatic carbocycles. The number of nitrogens with zero attached hydrogens (tertiary/aromatic N) is 2. The molecule has 1 unspecified atom stereocenters.